The Morgan fingerprint density at radius 2 is 1.83 bits per heavy atom. The van der Waals surface area contributed by atoms with E-state index in [1.807, 2.05) is 29.2 Å². The largest absolute Gasteiger partial charge is 0.460 e. The van der Waals surface area contributed by atoms with E-state index in [4.69, 9.17) is 14.5 Å². The van der Waals surface area contributed by atoms with E-state index in [0.717, 1.165) is 84.2 Å². The van der Waals surface area contributed by atoms with E-state index in [1.165, 1.54) is 32.4 Å². The van der Waals surface area contributed by atoms with E-state index in [-0.39, 0.29) is 24.2 Å². The summed E-state index contributed by atoms with van der Waals surface area (Å²) in [7, 11) is 0. The van der Waals surface area contributed by atoms with E-state index in [0.29, 0.717) is 23.9 Å². The van der Waals surface area contributed by atoms with Gasteiger partial charge in [-0.15, -0.1) is 0 Å². The van der Waals surface area contributed by atoms with Gasteiger partial charge in [0.05, 0.1) is 34.4 Å². The molecule has 3 aromatic rings. The number of hydrogen-bond donors (Lipinski definition) is 0. The fraction of sp³-hybridized carbons (Fsp3) is 0.515. The van der Waals surface area contributed by atoms with Crippen LogP contribution in [-0.2, 0) is 34.5 Å². The van der Waals surface area contributed by atoms with Gasteiger partial charge in [-0.25, -0.2) is 9.78 Å². The van der Waals surface area contributed by atoms with Crippen molar-refractivity contribution in [3.8, 4) is 17.1 Å². The highest BCUT2D eigenvalue weighted by Crippen LogP contribution is 2.53. The number of hydrogen-bond acceptors (Lipinski definition) is 7. The fourth-order valence-electron chi connectivity index (χ4n) is 7.81. The predicted molar refractivity (Wildman–Crippen MR) is 157 cm³/mol. The third-order valence-corrected chi connectivity index (χ3v) is 10.3. The second kappa shape index (κ2) is 9.66. The van der Waals surface area contributed by atoms with Crippen LogP contribution in [0, 0.1) is 0 Å². The lowest BCUT2D eigenvalue weighted by atomic mass is 9.89. The van der Waals surface area contributed by atoms with Crippen molar-refractivity contribution in [2.24, 2.45) is 0 Å². The first-order valence-corrected chi connectivity index (χ1v) is 15.6. The molecule has 1 spiro atoms. The molecule has 218 valence electrons. The average Bonchev–Trinajstić information content (AvgIpc) is 3.74. The Bertz CT molecular complexity index is 1690. The van der Waals surface area contributed by atoms with Crippen molar-refractivity contribution >= 4 is 23.0 Å². The SMILES string of the molecule is CCc1c2c(nc3ccc(OC(=O)N4CCC(N5CCCCC5)CC4)cc13)-c1cc3c(c(=O)n1C2)COC(=O)C31CC1. The number of likely N-dealkylation sites (tertiary alicyclic amines) is 2. The number of nitrogens with zero attached hydrogens (tertiary/aromatic N) is 4. The van der Waals surface area contributed by atoms with Gasteiger partial charge in [0.1, 0.15) is 12.4 Å². The summed E-state index contributed by atoms with van der Waals surface area (Å²) in [5.41, 5.74) is 5.16. The minimum Gasteiger partial charge on any atom is -0.460 e. The molecule has 9 heteroatoms. The number of fused-ring (bicyclic) bond motifs is 6. The summed E-state index contributed by atoms with van der Waals surface area (Å²) in [5.74, 6) is 0.295. The molecule has 0 bridgehead atoms. The van der Waals surface area contributed by atoms with Gasteiger partial charge in [-0.2, -0.15) is 0 Å². The van der Waals surface area contributed by atoms with Crippen molar-refractivity contribution in [1.82, 2.24) is 19.4 Å². The second-order valence-corrected chi connectivity index (χ2v) is 12.6. The molecule has 0 atom stereocenters. The minimum atomic E-state index is -0.656. The number of esters is 1. The highest BCUT2D eigenvalue weighted by atomic mass is 16.6. The van der Waals surface area contributed by atoms with Gasteiger partial charge < -0.3 is 23.8 Å². The Kier molecular flexibility index (Phi) is 5.97. The zero-order valence-corrected chi connectivity index (χ0v) is 24.1. The zero-order chi connectivity index (χ0) is 28.6. The van der Waals surface area contributed by atoms with Crippen LogP contribution >= 0.6 is 0 Å². The van der Waals surface area contributed by atoms with Gasteiger partial charge in [0.2, 0.25) is 0 Å². The standard InChI is InChI=1S/C33H36N4O5/c1-2-22-23-16-21(42-32(40)36-14-8-20(9-15-36)35-12-4-3-5-13-35)6-7-27(23)34-29-24(22)18-37-28(29)17-26-25(30(37)38)19-41-31(39)33(26)10-11-33/h6-7,16-17,20H,2-5,8-15,18-19H2,1H3. The number of aryl methyl sites for hydroxylation is 1. The van der Waals surface area contributed by atoms with E-state index < -0.39 is 5.41 Å². The number of aromatic nitrogens is 2. The van der Waals surface area contributed by atoms with Gasteiger partial charge in [-0.3, -0.25) is 9.59 Å². The Balaban J connectivity index is 1.07. The molecule has 5 aliphatic rings. The van der Waals surface area contributed by atoms with E-state index in [1.54, 1.807) is 4.57 Å². The van der Waals surface area contributed by atoms with Gasteiger partial charge in [-0.1, -0.05) is 13.3 Å². The number of piperidine rings is 2. The molecule has 4 aliphatic heterocycles. The number of pyridine rings is 2. The molecule has 8 rings (SSSR count). The summed E-state index contributed by atoms with van der Waals surface area (Å²) in [6.45, 7) is 6.37. The van der Waals surface area contributed by atoms with Crippen molar-refractivity contribution in [3.05, 3.63) is 56.9 Å². The van der Waals surface area contributed by atoms with Crippen molar-refractivity contribution in [2.75, 3.05) is 26.2 Å². The van der Waals surface area contributed by atoms with Crippen molar-refractivity contribution < 1.29 is 19.1 Å². The number of carbonyl (C=O) groups is 2. The molecule has 1 amide bonds. The highest BCUT2D eigenvalue weighted by Gasteiger charge is 2.57. The average molecular weight is 569 g/mol. The molecule has 0 unspecified atom stereocenters. The lowest BCUT2D eigenvalue weighted by Gasteiger charge is -2.39. The summed E-state index contributed by atoms with van der Waals surface area (Å²) in [4.78, 5) is 48.8. The molecule has 2 saturated heterocycles. The molecule has 1 aromatic carbocycles. The quantitative estimate of drug-likeness (QED) is 0.336. The third-order valence-electron chi connectivity index (χ3n) is 10.3. The second-order valence-electron chi connectivity index (χ2n) is 12.6. The Hall–Kier alpha value is -3.72. The normalized spacial score (nSPS) is 21.2. The van der Waals surface area contributed by atoms with E-state index in [2.05, 4.69) is 11.8 Å². The topological polar surface area (TPSA) is 94.0 Å². The summed E-state index contributed by atoms with van der Waals surface area (Å²) in [6.07, 6.45) is 7.77. The Labute approximate surface area is 244 Å². The summed E-state index contributed by atoms with van der Waals surface area (Å²) in [6, 6.07) is 8.21. The Morgan fingerprint density at radius 1 is 1.05 bits per heavy atom. The van der Waals surface area contributed by atoms with Crippen LogP contribution in [-0.4, -0.2) is 63.6 Å². The predicted octanol–water partition coefficient (Wildman–Crippen LogP) is 4.53. The monoisotopic (exact) mass is 568 g/mol. The molecule has 2 aromatic heterocycles. The van der Waals surface area contributed by atoms with Crippen LogP contribution in [0.4, 0.5) is 4.79 Å². The van der Waals surface area contributed by atoms with Gasteiger partial charge >= 0.3 is 12.1 Å². The number of carbonyl (C=O) groups excluding carboxylic acids is 2. The molecule has 0 radical (unpaired) electrons. The van der Waals surface area contributed by atoms with Crippen LogP contribution in [0.3, 0.4) is 0 Å². The lowest BCUT2D eigenvalue weighted by Crippen LogP contribution is -2.48. The van der Waals surface area contributed by atoms with Crippen LogP contribution in [0.5, 0.6) is 5.75 Å². The lowest BCUT2D eigenvalue weighted by molar-refractivity contribution is -0.149. The summed E-state index contributed by atoms with van der Waals surface area (Å²) >= 11 is 0. The number of amides is 1. The molecule has 6 heterocycles. The van der Waals surface area contributed by atoms with Crippen LogP contribution in [0.1, 0.15) is 74.1 Å². The zero-order valence-electron chi connectivity index (χ0n) is 24.1. The van der Waals surface area contributed by atoms with Crippen LogP contribution in [0.15, 0.2) is 29.1 Å². The van der Waals surface area contributed by atoms with E-state index >= 15 is 0 Å². The summed E-state index contributed by atoms with van der Waals surface area (Å²) in [5, 5.41) is 0.938. The maximum atomic E-state index is 13.6. The first-order chi connectivity index (χ1) is 20.5. The minimum absolute atomic E-state index is 0.0338. The van der Waals surface area contributed by atoms with Crippen LogP contribution in [0.25, 0.3) is 22.3 Å². The van der Waals surface area contributed by atoms with Gasteiger partial charge in [0.25, 0.3) is 5.56 Å². The van der Waals surface area contributed by atoms with Crippen molar-refractivity contribution in [1.29, 1.82) is 0 Å². The fourth-order valence-corrected chi connectivity index (χ4v) is 7.81. The number of benzene rings is 1. The number of cyclic esters (lactones) is 1. The molecular weight excluding hydrogens is 532 g/mol. The molecule has 3 fully saturated rings. The number of ether oxygens (including phenoxy) is 2. The molecule has 1 aliphatic carbocycles. The van der Waals surface area contributed by atoms with Crippen molar-refractivity contribution in [2.45, 2.75) is 82.9 Å². The maximum Gasteiger partial charge on any atom is 0.415 e. The number of rotatable bonds is 3. The molecule has 42 heavy (non-hydrogen) atoms. The maximum absolute atomic E-state index is 13.6. The molecule has 9 nitrogen and oxygen atoms in total. The highest BCUT2D eigenvalue weighted by molar-refractivity contribution is 5.91. The first kappa shape index (κ1) is 25.9. The first-order valence-electron chi connectivity index (χ1n) is 15.6. The third kappa shape index (κ3) is 3.92. The molecule has 1 saturated carbocycles. The Morgan fingerprint density at radius 3 is 2.57 bits per heavy atom. The van der Waals surface area contributed by atoms with Gasteiger partial charge in [0.15, 0.2) is 0 Å². The van der Waals surface area contributed by atoms with Gasteiger partial charge in [0, 0.05) is 30.1 Å². The van der Waals surface area contributed by atoms with Crippen LogP contribution in [0.2, 0.25) is 0 Å². The molecule has 0 N–H and O–H groups in total. The van der Waals surface area contributed by atoms with E-state index in [9.17, 15) is 14.4 Å². The van der Waals surface area contributed by atoms with Gasteiger partial charge in [-0.05, 0) is 93.4 Å². The smallest absolute Gasteiger partial charge is 0.415 e. The summed E-state index contributed by atoms with van der Waals surface area (Å²) < 4.78 is 13.1. The van der Waals surface area contributed by atoms with Crippen LogP contribution < -0.4 is 10.3 Å². The van der Waals surface area contributed by atoms with Crippen molar-refractivity contribution in [3.63, 3.8) is 0 Å². The molecular formula is C33H36N4O5.